The van der Waals surface area contributed by atoms with Crippen LogP contribution in [-0.4, -0.2) is 26.6 Å². The van der Waals surface area contributed by atoms with Crippen LogP contribution in [0.3, 0.4) is 0 Å². The molecule has 1 aliphatic heterocycles. The molecule has 7 heteroatoms. The van der Waals surface area contributed by atoms with E-state index in [1.165, 1.54) is 0 Å². The first kappa shape index (κ1) is 17.7. The lowest BCUT2D eigenvalue weighted by Crippen LogP contribution is -2.33. The molecule has 0 radical (unpaired) electrons. The Morgan fingerprint density at radius 1 is 1.26 bits per heavy atom. The Hall–Kier alpha value is -2.75. The smallest absolute Gasteiger partial charge is 0.244 e. The summed E-state index contributed by atoms with van der Waals surface area (Å²) in [5.41, 5.74) is 2.28. The minimum absolute atomic E-state index is 0.0555. The van der Waals surface area contributed by atoms with Crippen LogP contribution in [0.1, 0.15) is 42.5 Å². The summed E-state index contributed by atoms with van der Waals surface area (Å²) in [5.74, 6) is 1.11. The molecule has 1 aliphatic rings. The van der Waals surface area contributed by atoms with E-state index in [0.29, 0.717) is 28.8 Å². The SMILES string of the molecule is N#Cc1cccc(-c2noc(C3CCCCN3Cc3cc(Cl)ccn3)n2)c1. The highest BCUT2D eigenvalue weighted by Gasteiger charge is 2.29. The van der Waals surface area contributed by atoms with Crippen LogP contribution in [0, 0.1) is 11.3 Å². The highest BCUT2D eigenvalue weighted by Crippen LogP contribution is 2.32. The van der Waals surface area contributed by atoms with E-state index in [9.17, 15) is 0 Å². The van der Waals surface area contributed by atoms with E-state index in [1.54, 1.807) is 24.4 Å². The first-order chi connectivity index (χ1) is 13.2. The van der Waals surface area contributed by atoms with Crippen molar-refractivity contribution in [3.05, 3.63) is 64.8 Å². The molecule has 2 aromatic heterocycles. The molecule has 3 heterocycles. The van der Waals surface area contributed by atoms with Crippen molar-refractivity contribution in [3.8, 4) is 17.5 Å². The van der Waals surface area contributed by atoms with Gasteiger partial charge in [0.25, 0.3) is 0 Å². The van der Waals surface area contributed by atoms with E-state index in [2.05, 4.69) is 26.1 Å². The van der Waals surface area contributed by atoms with Crippen molar-refractivity contribution in [3.63, 3.8) is 0 Å². The van der Waals surface area contributed by atoms with Crippen molar-refractivity contribution >= 4 is 11.6 Å². The molecule has 1 fully saturated rings. The molecule has 0 bridgehead atoms. The van der Waals surface area contributed by atoms with Gasteiger partial charge in [0, 0.05) is 23.3 Å². The first-order valence-corrected chi connectivity index (χ1v) is 9.29. The molecule has 1 unspecified atom stereocenters. The maximum Gasteiger partial charge on any atom is 0.244 e. The molecular formula is C20H18ClN5O. The fraction of sp³-hybridized carbons (Fsp3) is 0.300. The molecule has 0 spiro atoms. The number of likely N-dealkylation sites (tertiary alicyclic amines) is 1. The monoisotopic (exact) mass is 379 g/mol. The van der Waals surface area contributed by atoms with Crippen molar-refractivity contribution < 1.29 is 4.52 Å². The molecule has 27 heavy (non-hydrogen) atoms. The van der Waals surface area contributed by atoms with Crippen LogP contribution < -0.4 is 0 Å². The molecular weight excluding hydrogens is 362 g/mol. The van der Waals surface area contributed by atoms with Gasteiger partial charge in [-0.25, -0.2) is 0 Å². The maximum absolute atomic E-state index is 9.08. The van der Waals surface area contributed by atoms with E-state index in [-0.39, 0.29) is 6.04 Å². The zero-order valence-corrected chi connectivity index (χ0v) is 15.4. The Labute approximate surface area is 162 Å². The third kappa shape index (κ3) is 4.00. The van der Waals surface area contributed by atoms with Crippen LogP contribution >= 0.6 is 11.6 Å². The molecule has 4 rings (SSSR count). The number of benzene rings is 1. The number of nitrogens with zero attached hydrogens (tertiary/aromatic N) is 5. The van der Waals surface area contributed by atoms with Gasteiger partial charge in [0.1, 0.15) is 0 Å². The van der Waals surface area contributed by atoms with E-state index in [1.807, 2.05) is 18.2 Å². The third-order valence-corrected chi connectivity index (χ3v) is 4.97. The molecule has 3 aromatic rings. The average Bonchev–Trinajstić information content (AvgIpc) is 3.18. The minimum Gasteiger partial charge on any atom is -0.337 e. The summed E-state index contributed by atoms with van der Waals surface area (Å²) in [6.45, 7) is 1.63. The van der Waals surface area contributed by atoms with Crippen LogP contribution in [0.25, 0.3) is 11.4 Å². The number of aromatic nitrogens is 3. The number of piperidine rings is 1. The zero-order valence-electron chi connectivity index (χ0n) is 14.7. The van der Waals surface area contributed by atoms with Gasteiger partial charge < -0.3 is 4.52 Å². The average molecular weight is 380 g/mol. The number of halogens is 1. The molecule has 0 amide bonds. The predicted molar refractivity (Wildman–Crippen MR) is 101 cm³/mol. The summed E-state index contributed by atoms with van der Waals surface area (Å²) < 4.78 is 5.59. The quantitative estimate of drug-likeness (QED) is 0.669. The second kappa shape index (κ2) is 7.87. The molecule has 0 N–H and O–H groups in total. The van der Waals surface area contributed by atoms with E-state index in [0.717, 1.165) is 37.1 Å². The van der Waals surface area contributed by atoms with Gasteiger partial charge in [-0.05, 0) is 43.7 Å². The van der Waals surface area contributed by atoms with Crippen LogP contribution in [0.5, 0.6) is 0 Å². The number of pyridine rings is 1. The van der Waals surface area contributed by atoms with Crippen molar-refractivity contribution in [2.24, 2.45) is 0 Å². The summed E-state index contributed by atoms with van der Waals surface area (Å²) in [6.07, 6.45) is 4.93. The van der Waals surface area contributed by atoms with E-state index in [4.69, 9.17) is 21.4 Å². The van der Waals surface area contributed by atoms with Crippen molar-refractivity contribution in [1.29, 1.82) is 5.26 Å². The number of nitriles is 1. The van der Waals surface area contributed by atoms with Crippen molar-refractivity contribution in [2.75, 3.05) is 6.54 Å². The van der Waals surface area contributed by atoms with Crippen LogP contribution in [0.15, 0.2) is 47.1 Å². The highest BCUT2D eigenvalue weighted by molar-refractivity contribution is 6.30. The predicted octanol–water partition coefficient (Wildman–Crippen LogP) is 4.38. The highest BCUT2D eigenvalue weighted by atomic mass is 35.5. The summed E-state index contributed by atoms with van der Waals surface area (Å²) in [7, 11) is 0. The van der Waals surface area contributed by atoms with Gasteiger partial charge in [-0.3, -0.25) is 9.88 Å². The Balaban J connectivity index is 1.57. The summed E-state index contributed by atoms with van der Waals surface area (Å²) in [5, 5.41) is 13.9. The van der Waals surface area contributed by atoms with Gasteiger partial charge in [-0.1, -0.05) is 35.3 Å². The lowest BCUT2D eigenvalue weighted by atomic mass is 10.0. The fourth-order valence-electron chi connectivity index (χ4n) is 3.42. The molecule has 136 valence electrons. The van der Waals surface area contributed by atoms with E-state index >= 15 is 0 Å². The Kier molecular flexibility index (Phi) is 5.14. The maximum atomic E-state index is 9.08. The topological polar surface area (TPSA) is 78.8 Å². The van der Waals surface area contributed by atoms with Gasteiger partial charge in [0.05, 0.1) is 23.4 Å². The van der Waals surface area contributed by atoms with Gasteiger partial charge in [0.15, 0.2) is 0 Å². The normalized spacial score (nSPS) is 17.6. The third-order valence-electron chi connectivity index (χ3n) is 4.73. The molecule has 1 atom stereocenters. The van der Waals surface area contributed by atoms with Crippen LogP contribution in [-0.2, 0) is 6.54 Å². The molecule has 1 saturated heterocycles. The van der Waals surface area contributed by atoms with Crippen LogP contribution in [0.2, 0.25) is 5.02 Å². The standard InChI is InChI=1S/C20H18ClN5O/c21-16-7-8-23-17(11-16)13-26-9-2-1-6-18(26)20-24-19(25-27-20)15-5-3-4-14(10-15)12-22/h3-5,7-8,10-11,18H,1-2,6,9,13H2. The largest absolute Gasteiger partial charge is 0.337 e. The number of hydrogen-bond donors (Lipinski definition) is 0. The number of hydrogen-bond acceptors (Lipinski definition) is 6. The lowest BCUT2D eigenvalue weighted by Gasteiger charge is -2.32. The number of rotatable bonds is 4. The van der Waals surface area contributed by atoms with E-state index < -0.39 is 0 Å². The van der Waals surface area contributed by atoms with Gasteiger partial charge in [0.2, 0.25) is 11.7 Å². The first-order valence-electron chi connectivity index (χ1n) is 8.91. The van der Waals surface area contributed by atoms with Crippen LogP contribution in [0.4, 0.5) is 0 Å². The second-order valence-electron chi connectivity index (χ2n) is 6.60. The molecule has 6 nitrogen and oxygen atoms in total. The lowest BCUT2D eigenvalue weighted by molar-refractivity contribution is 0.110. The Morgan fingerprint density at radius 3 is 3.04 bits per heavy atom. The van der Waals surface area contributed by atoms with Crippen molar-refractivity contribution in [1.82, 2.24) is 20.0 Å². The molecule has 0 aliphatic carbocycles. The summed E-state index contributed by atoms with van der Waals surface area (Å²) in [4.78, 5) is 11.3. The van der Waals surface area contributed by atoms with Gasteiger partial charge in [-0.2, -0.15) is 10.2 Å². The zero-order chi connectivity index (χ0) is 18.6. The summed E-state index contributed by atoms with van der Waals surface area (Å²) >= 11 is 6.09. The molecule has 0 saturated carbocycles. The fourth-order valence-corrected chi connectivity index (χ4v) is 3.60. The minimum atomic E-state index is 0.0555. The Bertz CT molecular complexity index is 980. The second-order valence-corrected chi connectivity index (χ2v) is 7.03. The van der Waals surface area contributed by atoms with Gasteiger partial charge >= 0.3 is 0 Å². The van der Waals surface area contributed by atoms with Crippen molar-refractivity contribution in [2.45, 2.75) is 31.8 Å². The molecule has 1 aromatic carbocycles. The van der Waals surface area contributed by atoms with Gasteiger partial charge in [-0.15, -0.1) is 0 Å². The Morgan fingerprint density at radius 2 is 2.19 bits per heavy atom. The summed E-state index contributed by atoms with van der Waals surface area (Å²) in [6, 6.07) is 13.1.